The summed E-state index contributed by atoms with van der Waals surface area (Å²) >= 11 is 0. The van der Waals surface area contributed by atoms with E-state index in [0.717, 1.165) is 29.8 Å². The molecule has 3 nitrogen and oxygen atoms in total. The molecule has 128 valence electrons. The van der Waals surface area contributed by atoms with E-state index in [1.807, 2.05) is 31.2 Å². The number of urea groups is 1. The normalized spacial score (nSPS) is 11.2. The molecule has 2 N–H and O–H groups in total. The highest BCUT2D eigenvalue weighted by Gasteiger charge is 2.30. The molecule has 0 unspecified atom stereocenters. The molecule has 0 aliphatic rings. The summed E-state index contributed by atoms with van der Waals surface area (Å²) in [5, 5.41) is 5.41. The second-order valence-corrected chi connectivity index (χ2v) is 5.34. The van der Waals surface area contributed by atoms with E-state index in [9.17, 15) is 18.0 Å². The van der Waals surface area contributed by atoms with E-state index in [1.54, 1.807) is 6.07 Å². The fraction of sp³-hybridized carbons (Fsp3) is 0.278. The number of rotatable bonds is 5. The van der Waals surface area contributed by atoms with Crippen LogP contribution in [0.3, 0.4) is 0 Å². The van der Waals surface area contributed by atoms with Gasteiger partial charge in [0.25, 0.3) is 0 Å². The van der Waals surface area contributed by atoms with Gasteiger partial charge in [0.2, 0.25) is 0 Å². The lowest BCUT2D eigenvalue weighted by Gasteiger charge is -2.11. The first-order valence-electron chi connectivity index (χ1n) is 7.69. The highest BCUT2D eigenvalue weighted by atomic mass is 19.4. The summed E-state index contributed by atoms with van der Waals surface area (Å²) in [6.07, 6.45) is -3.24. The lowest BCUT2D eigenvalue weighted by atomic mass is 10.1. The lowest BCUT2D eigenvalue weighted by molar-refractivity contribution is -0.137. The van der Waals surface area contributed by atoms with Gasteiger partial charge < -0.3 is 10.6 Å². The predicted molar refractivity (Wildman–Crippen MR) is 88.0 cm³/mol. The van der Waals surface area contributed by atoms with Crippen LogP contribution < -0.4 is 10.6 Å². The summed E-state index contributed by atoms with van der Waals surface area (Å²) in [7, 11) is 0. The molecule has 0 spiro atoms. The minimum atomic E-state index is -4.36. The number of halogens is 3. The van der Waals surface area contributed by atoms with Gasteiger partial charge in [0.05, 0.1) is 5.56 Å². The van der Waals surface area contributed by atoms with Gasteiger partial charge in [-0.3, -0.25) is 0 Å². The number of nitrogens with one attached hydrogen (secondary N) is 2. The van der Waals surface area contributed by atoms with Crippen molar-refractivity contribution in [3.05, 3.63) is 65.2 Å². The van der Waals surface area contributed by atoms with Crippen LogP contribution in [0.5, 0.6) is 0 Å². The summed E-state index contributed by atoms with van der Waals surface area (Å²) in [5.41, 5.74) is 1.60. The Hall–Kier alpha value is -2.50. The number of anilines is 1. The maximum atomic E-state index is 12.7. The van der Waals surface area contributed by atoms with Crippen LogP contribution in [0.15, 0.2) is 48.5 Å². The van der Waals surface area contributed by atoms with Gasteiger partial charge in [0.15, 0.2) is 0 Å². The molecule has 0 bridgehead atoms. The molecule has 2 amide bonds. The number of hydrogen-bond donors (Lipinski definition) is 2. The molecule has 0 aliphatic carbocycles. The summed E-state index contributed by atoms with van der Waals surface area (Å²) in [5.74, 6) is 0. The molecule has 0 heterocycles. The van der Waals surface area contributed by atoms with Gasteiger partial charge in [-0.2, -0.15) is 13.2 Å². The molecule has 0 atom stereocenters. The van der Waals surface area contributed by atoms with Crippen molar-refractivity contribution in [3.63, 3.8) is 0 Å². The second kappa shape index (κ2) is 7.86. The lowest BCUT2D eigenvalue weighted by Crippen LogP contribution is -2.30. The zero-order valence-electron chi connectivity index (χ0n) is 13.3. The predicted octanol–water partition coefficient (Wildman–Crippen LogP) is 4.63. The van der Waals surface area contributed by atoms with E-state index in [2.05, 4.69) is 10.6 Å². The number of carbonyl (C=O) groups is 1. The minimum Gasteiger partial charge on any atom is -0.338 e. The van der Waals surface area contributed by atoms with Crippen molar-refractivity contribution in [1.29, 1.82) is 0 Å². The smallest absolute Gasteiger partial charge is 0.338 e. The monoisotopic (exact) mass is 336 g/mol. The Kier molecular flexibility index (Phi) is 5.84. The molecule has 2 aromatic rings. The molecule has 24 heavy (non-hydrogen) atoms. The zero-order chi connectivity index (χ0) is 17.6. The first-order valence-corrected chi connectivity index (χ1v) is 7.69. The summed E-state index contributed by atoms with van der Waals surface area (Å²) in [4.78, 5) is 11.9. The van der Waals surface area contributed by atoms with Crippen molar-refractivity contribution in [1.82, 2.24) is 5.32 Å². The molecule has 0 fully saturated rings. The van der Waals surface area contributed by atoms with Crippen molar-refractivity contribution in [2.45, 2.75) is 25.9 Å². The van der Waals surface area contributed by atoms with Crippen LogP contribution in [-0.4, -0.2) is 12.6 Å². The van der Waals surface area contributed by atoms with Gasteiger partial charge in [0, 0.05) is 12.2 Å². The summed E-state index contributed by atoms with van der Waals surface area (Å²) in [6.45, 7) is 2.24. The quantitative estimate of drug-likeness (QED) is 0.821. The zero-order valence-corrected chi connectivity index (χ0v) is 13.3. The standard InChI is InChI=1S/C18H19F3N2O/c1-2-14-7-3-4-9-16(14)23-17(24)22-11-10-13-6-5-8-15(12-13)18(19,20)21/h3-9,12H,2,10-11H2,1H3,(H2,22,23,24). The highest BCUT2D eigenvalue weighted by molar-refractivity contribution is 5.90. The molecule has 6 heteroatoms. The average Bonchev–Trinajstić information content (AvgIpc) is 2.55. The van der Waals surface area contributed by atoms with Crippen LogP contribution in [0.1, 0.15) is 23.6 Å². The number of benzene rings is 2. The van der Waals surface area contributed by atoms with Crippen LogP contribution in [0.2, 0.25) is 0 Å². The molecule has 0 saturated carbocycles. The Morgan fingerprint density at radius 1 is 1.08 bits per heavy atom. The van der Waals surface area contributed by atoms with Gasteiger partial charge in [-0.05, 0) is 36.1 Å². The van der Waals surface area contributed by atoms with E-state index in [-0.39, 0.29) is 12.6 Å². The second-order valence-electron chi connectivity index (χ2n) is 5.34. The molecule has 2 aromatic carbocycles. The molecular weight excluding hydrogens is 317 g/mol. The van der Waals surface area contributed by atoms with Gasteiger partial charge >= 0.3 is 12.2 Å². The third kappa shape index (κ3) is 5.01. The Labute approximate surface area is 138 Å². The topological polar surface area (TPSA) is 41.1 Å². The maximum Gasteiger partial charge on any atom is 0.416 e. The number of aryl methyl sites for hydroxylation is 1. The van der Waals surface area contributed by atoms with E-state index >= 15 is 0 Å². The number of amides is 2. The largest absolute Gasteiger partial charge is 0.416 e. The van der Waals surface area contributed by atoms with Crippen LogP contribution in [-0.2, 0) is 19.0 Å². The van der Waals surface area contributed by atoms with Crippen molar-refractivity contribution >= 4 is 11.7 Å². The minimum absolute atomic E-state index is 0.251. The van der Waals surface area contributed by atoms with E-state index in [1.165, 1.54) is 6.07 Å². The Bertz CT molecular complexity index is 699. The van der Waals surface area contributed by atoms with E-state index < -0.39 is 11.7 Å². The Morgan fingerprint density at radius 2 is 1.83 bits per heavy atom. The summed E-state index contributed by atoms with van der Waals surface area (Å²) in [6, 6.07) is 12.2. The maximum absolute atomic E-state index is 12.7. The average molecular weight is 336 g/mol. The van der Waals surface area contributed by atoms with Gasteiger partial charge in [0.1, 0.15) is 0 Å². The fourth-order valence-corrected chi connectivity index (χ4v) is 2.34. The van der Waals surface area contributed by atoms with Crippen LogP contribution >= 0.6 is 0 Å². The number of hydrogen-bond acceptors (Lipinski definition) is 1. The molecule has 0 aliphatic heterocycles. The highest BCUT2D eigenvalue weighted by Crippen LogP contribution is 2.29. The van der Waals surface area contributed by atoms with E-state index in [4.69, 9.17) is 0 Å². The van der Waals surface area contributed by atoms with E-state index in [0.29, 0.717) is 12.0 Å². The Balaban J connectivity index is 1.87. The SMILES string of the molecule is CCc1ccccc1NC(=O)NCCc1cccc(C(F)(F)F)c1. The van der Waals surface area contributed by atoms with Gasteiger partial charge in [-0.15, -0.1) is 0 Å². The number of para-hydroxylation sites is 1. The molecule has 0 saturated heterocycles. The van der Waals surface area contributed by atoms with Crippen LogP contribution in [0.4, 0.5) is 23.7 Å². The number of carbonyl (C=O) groups excluding carboxylic acids is 1. The van der Waals surface area contributed by atoms with Crippen LogP contribution in [0, 0.1) is 0 Å². The van der Waals surface area contributed by atoms with Crippen molar-refractivity contribution in [2.24, 2.45) is 0 Å². The first kappa shape index (κ1) is 17.8. The van der Waals surface area contributed by atoms with Crippen molar-refractivity contribution in [2.75, 3.05) is 11.9 Å². The fourth-order valence-electron chi connectivity index (χ4n) is 2.34. The van der Waals surface area contributed by atoms with Crippen molar-refractivity contribution < 1.29 is 18.0 Å². The first-order chi connectivity index (χ1) is 11.4. The number of alkyl halides is 3. The molecule has 2 rings (SSSR count). The third-order valence-electron chi connectivity index (χ3n) is 3.60. The van der Waals surface area contributed by atoms with Crippen LogP contribution in [0.25, 0.3) is 0 Å². The van der Waals surface area contributed by atoms with Gasteiger partial charge in [-0.25, -0.2) is 4.79 Å². The molecular formula is C18H19F3N2O. The molecule has 0 radical (unpaired) electrons. The summed E-state index contributed by atoms with van der Waals surface area (Å²) < 4.78 is 38.0. The Morgan fingerprint density at radius 3 is 2.54 bits per heavy atom. The van der Waals surface area contributed by atoms with Crippen molar-refractivity contribution in [3.8, 4) is 0 Å². The van der Waals surface area contributed by atoms with Gasteiger partial charge in [-0.1, -0.05) is 43.3 Å². The molecule has 0 aromatic heterocycles. The third-order valence-corrected chi connectivity index (χ3v) is 3.60.